The number of unbranched alkanes of at least 4 members (excludes halogenated alkanes) is 3. The molecule has 0 rings (SSSR count). The van der Waals surface area contributed by atoms with Crippen LogP contribution in [-0.4, -0.2) is 68.0 Å². The zero-order valence-corrected chi connectivity index (χ0v) is 21.7. The fourth-order valence-corrected chi connectivity index (χ4v) is 2.43. The highest BCUT2D eigenvalue weighted by Gasteiger charge is 2.03. The molecule has 2 N–H and O–H groups in total. The first-order chi connectivity index (χ1) is 13.9. The summed E-state index contributed by atoms with van der Waals surface area (Å²) in [6, 6.07) is 0. The highest BCUT2D eigenvalue weighted by atomic mass is 16.7. The lowest BCUT2D eigenvalue weighted by Crippen LogP contribution is -2.23. The monoisotopic (exact) mass is 423 g/mol. The molecule has 29 heavy (non-hydrogen) atoms. The Kier molecular flexibility index (Phi) is 40.5. The second-order valence-corrected chi connectivity index (χ2v) is 7.24. The van der Waals surface area contributed by atoms with Crippen molar-refractivity contribution in [3.05, 3.63) is 0 Å². The normalized spacial score (nSPS) is 11.3. The molecule has 1 unspecified atom stereocenters. The standard InChI is InChI=1S/C8H19N.C8H18O2.C6H14O2.C2H6/c1-4-7-8-9(5-2)6-3;1-4-5-6-7-8(9-2)10-3;1-5(2)3-6(8)4-7;1-2/h4-8H2,1-3H3;8H,4-7H2,1-3H3;5-8H,3-4H2,1-2H3;1-2H3. The number of aliphatic hydroxyl groups excluding tert-OH is 2. The van der Waals surface area contributed by atoms with Gasteiger partial charge in [0.1, 0.15) is 0 Å². The Labute approximate surface area is 184 Å². The van der Waals surface area contributed by atoms with E-state index in [9.17, 15) is 0 Å². The molecular weight excluding hydrogens is 366 g/mol. The van der Waals surface area contributed by atoms with Crippen molar-refractivity contribution in [2.45, 2.75) is 113 Å². The molecule has 0 heterocycles. The van der Waals surface area contributed by atoms with Crippen molar-refractivity contribution in [1.82, 2.24) is 4.90 Å². The van der Waals surface area contributed by atoms with Gasteiger partial charge in [0.15, 0.2) is 6.29 Å². The summed E-state index contributed by atoms with van der Waals surface area (Å²) in [5.74, 6) is 0.470. The van der Waals surface area contributed by atoms with Crippen LogP contribution in [0.1, 0.15) is 100 Å². The lowest BCUT2D eigenvalue weighted by Gasteiger charge is -2.16. The van der Waals surface area contributed by atoms with E-state index in [-0.39, 0.29) is 12.9 Å². The van der Waals surface area contributed by atoms with Gasteiger partial charge in [-0.05, 0) is 51.2 Å². The van der Waals surface area contributed by atoms with Gasteiger partial charge in [-0.2, -0.15) is 0 Å². The summed E-state index contributed by atoms with van der Waals surface area (Å²) in [5.41, 5.74) is 0. The number of nitrogens with zero attached hydrogens (tertiary/aromatic N) is 1. The zero-order valence-electron chi connectivity index (χ0n) is 21.7. The van der Waals surface area contributed by atoms with Crippen LogP contribution in [0.15, 0.2) is 0 Å². The van der Waals surface area contributed by atoms with Gasteiger partial charge in [0, 0.05) is 14.2 Å². The summed E-state index contributed by atoms with van der Waals surface area (Å²) in [4.78, 5) is 2.46. The fourth-order valence-electron chi connectivity index (χ4n) is 2.43. The largest absolute Gasteiger partial charge is 0.394 e. The molecule has 0 saturated carbocycles. The van der Waals surface area contributed by atoms with Gasteiger partial charge in [-0.1, -0.05) is 74.7 Å². The van der Waals surface area contributed by atoms with Gasteiger partial charge < -0.3 is 24.6 Å². The predicted octanol–water partition coefficient (Wildman–Crippen LogP) is 5.73. The molecule has 0 bridgehead atoms. The van der Waals surface area contributed by atoms with E-state index >= 15 is 0 Å². The Balaban J connectivity index is -0.000000156. The molecule has 0 aromatic carbocycles. The van der Waals surface area contributed by atoms with Crippen molar-refractivity contribution in [3.63, 3.8) is 0 Å². The van der Waals surface area contributed by atoms with Crippen LogP contribution in [0.25, 0.3) is 0 Å². The number of hydrogen-bond donors (Lipinski definition) is 2. The smallest absolute Gasteiger partial charge is 0.156 e. The van der Waals surface area contributed by atoms with E-state index < -0.39 is 6.10 Å². The Morgan fingerprint density at radius 1 is 0.828 bits per heavy atom. The maximum Gasteiger partial charge on any atom is 0.156 e. The van der Waals surface area contributed by atoms with Crippen molar-refractivity contribution in [1.29, 1.82) is 0 Å². The summed E-state index contributed by atoms with van der Waals surface area (Å²) < 4.78 is 10.0. The van der Waals surface area contributed by atoms with E-state index in [1.165, 1.54) is 51.7 Å². The molecule has 0 aliphatic rings. The molecular formula is C24H57NO4. The molecule has 0 spiro atoms. The molecule has 5 nitrogen and oxygen atoms in total. The SMILES string of the molecule is CC.CC(C)CC(O)CO.CCCCCC(OC)OC.CCCCN(CC)CC. The summed E-state index contributed by atoms with van der Waals surface area (Å²) in [7, 11) is 3.36. The third kappa shape index (κ3) is 35.6. The first kappa shape index (κ1) is 36.2. The number of aliphatic hydroxyl groups is 2. The van der Waals surface area contributed by atoms with Gasteiger partial charge in [0.2, 0.25) is 0 Å². The van der Waals surface area contributed by atoms with Gasteiger partial charge in [0.25, 0.3) is 0 Å². The summed E-state index contributed by atoms with van der Waals surface area (Å²) >= 11 is 0. The summed E-state index contributed by atoms with van der Waals surface area (Å²) in [6.45, 7) is 20.5. The second kappa shape index (κ2) is 32.5. The third-order valence-corrected chi connectivity index (χ3v) is 4.25. The summed E-state index contributed by atoms with van der Waals surface area (Å²) in [5, 5.41) is 17.1. The van der Waals surface area contributed by atoms with Crippen LogP contribution in [0.2, 0.25) is 0 Å². The van der Waals surface area contributed by atoms with Crippen molar-refractivity contribution < 1.29 is 19.7 Å². The Hall–Kier alpha value is -0.200. The lowest BCUT2D eigenvalue weighted by atomic mass is 10.1. The van der Waals surface area contributed by atoms with Crippen LogP contribution in [0, 0.1) is 5.92 Å². The molecule has 0 fully saturated rings. The van der Waals surface area contributed by atoms with E-state index in [1.807, 2.05) is 27.7 Å². The minimum atomic E-state index is -0.519. The maximum atomic E-state index is 8.78. The average molecular weight is 424 g/mol. The van der Waals surface area contributed by atoms with Gasteiger partial charge >= 0.3 is 0 Å². The average Bonchev–Trinajstić information content (AvgIpc) is 2.74. The molecule has 0 aromatic heterocycles. The predicted molar refractivity (Wildman–Crippen MR) is 129 cm³/mol. The number of ether oxygens (including phenoxy) is 2. The molecule has 5 heteroatoms. The molecule has 0 aliphatic carbocycles. The molecule has 0 radical (unpaired) electrons. The van der Waals surface area contributed by atoms with Gasteiger partial charge in [0.05, 0.1) is 12.7 Å². The van der Waals surface area contributed by atoms with Crippen molar-refractivity contribution in [2.75, 3.05) is 40.5 Å². The van der Waals surface area contributed by atoms with E-state index in [4.69, 9.17) is 19.7 Å². The molecule has 182 valence electrons. The number of methoxy groups -OCH3 is 2. The minimum absolute atomic E-state index is 0.00606. The highest BCUT2D eigenvalue weighted by Crippen LogP contribution is 2.05. The highest BCUT2D eigenvalue weighted by molar-refractivity contribution is 4.54. The summed E-state index contributed by atoms with van der Waals surface area (Å²) in [6.07, 6.45) is 7.57. The number of rotatable bonds is 14. The quantitative estimate of drug-likeness (QED) is 0.276. The molecule has 0 aromatic rings. The van der Waals surface area contributed by atoms with Crippen LogP contribution >= 0.6 is 0 Å². The zero-order chi connectivity index (χ0) is 23.5. The first-order valence-electron chi connectivity index (χ1n) is 11.9. The molecule has 0 saturated heterocycles. The fraction of sp³-hybridized carbons (Fsp3) is 1.00. The van der Waals surface area contributed by atoms with E-state index in [0.717, 1.165) is 6.42 Å². The van der Waals surface area contributed by atoms with Gasteiger partial charge in [-0.25, -0.2) is 0 Å². The van der Waals surface area contributed by atoms with Crippen molar-refractivity contribution in [3.8, 4) is 0 Å². The lowest BCUT2D eigenvalue weighted by molar-refractivity contribution is -0.107. The van der Waals surface area contributed by atoms with E-state index in [2.05, 4.69) is 32.6 Å². The molecule has 1 atom stereocenters. The van der Waals surface area contributed by atoms with Crippen LogP contribution in [0.5, 0.6) is 0 Å². The maximum absolute atomic E-state index is 8.78. The molecule has 0 aliphatic heterocycles. The van der Waals surface area contributed by atoms with Gasteiger partial charge in [-0.15, -0.1) is 0 Å². The van der Waals surface area contributed by atoms with E-state index in [1.54, 1.807) is 14.2 Å². The van der Waals surface area contributed by atoms with Crippen LogP contribution in [0.4, 0.5) is 0 Å². The number of hydrogen-bond acceptors (Lipinski definition) is 5. The Morgan fingerprint density at radius 2 is 1.31 bits per heavy atom. The van der Waals surface area contributed by atoms with Crippen molar-refractivity contribution >= 4 is 0 Å². The topological polar surface area (TPSA) is 62.2 Å². The Bertz CT molecular complexity index is 245. The van der Waals surface area contributed by atoms with Gasteiger partial charge in [-0.3, -0.25) is 0 Å². The molecule has 0 amide bonds. The van der Waals surface area contributed by atoms with Crippen molar-refractivity contribution in [2.24, 2.45) is 5.92 Å². The van der Waals surface area contributed by atoms with Crippen LogP contribution in [0.3, 0.4) is 0 Å². The minimum Gasteiger partial charge on any atom is -0.394 e. The van der Waals surface area contributed by atoms with E-state index in [0.29, 0.717) is 12.3 Å². The Morgan fingerprint density at radius 3 is 1.59 bits per heavy atom. The van der Waals surface area contributed by atoms with Crippen LogP contribution in [-0.2, 0) is 9.47 Å². The second-order valence-electron chi connectivity index (χ2n) is 7.24. The first-order valence-corrected chi connectivity index (χ1v) is 11.9. The van der Waals surface area contributed by atoms with Crippen LogP contribution < -0.4 is 0 Å². The third-order valence-electron chi connectivity index (χ3n) is 4.25.